The maximum atomic E-state index is 9.60. The van der Waals surface area contributed by atoms with Crippen molar-refractivity contribution < 1.29 is 0 Å². The molecule has 0 amide bonds. The van der Waals surface area contributed by atoms with Crippen LogP contribution in [0.15, 0.2) is 158 Å². The number of hydrogen-bond donors (Lipinski definition) is 0. The fraction of sp³-hybridized carbons (Fsp3) is 0.164. The van der Waals surface area contributed by atoms with Crippen LogP contribution in [0.4, 0.5) is 0 Å². The van der Waals surface area contributed by atoms with Gasteiger partial charge in [0.1, 0.15) is 0 Å². The van der Waals surface area contributed by atoms with Crippen molar-refractivity contribution in [1.82, 2.24) is 24.1 Å². The summed E-state index contributed by atoms with van der Waals surface area (Å²) in [5.41, 5.74) is 13.0. The zero-order valence-corrected chi connectivity index (χ0v) is 35.0. The molecule has 0 spiro atoms. The first-order valence-electron chi connectivity index (χ1n) is 21.2. The minimum absolute atomic E-state index is 0.0309. The topological polar surface area (TPSA) is 72.3 Å². The second kappa shape index (κ2) is 13.6. The minimum Gasteiger partial charge on any atom is -0.307 e. The first-order chi connectivity index (χ1) is 29.6. The molecule has 0 fully saturated rings. The number of rotatable bonds is 5. The molecule has 7 aromatic carbocycles. The highest BCUT2D eigenvalue weighted by Gasteiger charge is 2.43. The van der Waals surface area contributed by atoms with Crippen LogP contribution in [0.5, 0.6) is 0 Å². The fourth-order valence-electron chi connectivity index (χ4n) is 10.3. The number of benzene rings is 7. The van der Waals surface area contributed by atoms with Gasteiger partial charge in [0.05, 0.1) is 39.4 Å². The van der Waals surface area contributed by atoms with E-state index < -0.39 is 0 Å². The van der Waals surface area contributed by atoms with Crippen molar-refractivity contribution in [2.45, 2.75) is 51.9 Å². The summed E-state index contributed by atoms with van der Waals surface area (Å²) in [5.74, 6) is 2.13. The number of para-hydroxylation sites is 3. The Labute approximate surface area is 355 Å². The third-order valence-corrected chi connectivity index (χ3v) is 13.5. The van der Waals surface area contributed by atoms with Gasteiger partial charge in [-0.05, 0) is 82.3 Å². The standard InChI is InChI=1S/C55H44N6/c1-34-32-54(2,3)44-22-15-21-41(48(44)55(34,4)5)38-18-9-12-23-45(38)60-46-24-13-10-19-39(46)42-30-31-43-40-20-11-14-25-47(40)61(50(43)49(42)60)53-58-51(36-16-7-6-8-17-36)57-52(59-53)37-28-26-35(33-56)27-29-37/h6-31,34H,32H2,1-5H3. The molecule has 3 aromatic heterocycles. The summed E-state index contributed by atoms with van der Waals surface area (Å²) in [6.07, 6.45) is 1.14. The number of hydrogen-bond acceptors (Lipinski definition) is 4. The molecule has 1 aliphatic carbocycles. The average Bonchev–Trinajstić information content (AvgIpc) is 3.81. The van der Waals surface area contributed by atoms with Crippen molar-refractivity contribution in [2.75, 3.05) is 0 Å². The molecule has 1 aliphatic rings. The average molecular weight is 789 g/mol. The Morgan fingerprint density at radius 3 is 1.77 bits per heavy atom. The predicted molar refractivity (Wildman–Crippen MR) is 249 cm³/mol. The van der Waals surface area contributed by atoms with Gasteiger partial charge in [-0.3, -0.25) is 4.57 Å². The Morgan fingerprint density at radius 1 is 0.541 bits per heavy atom. The molecule has 0 bridgehead atoms. The monoisotopic (exact) mass is 788 g/mol. The second-order valence-electron chi connectivity index (χ2n) is 17.9. The highest BCUT2D eigenvalue weighted by Crippen LogP contribution is 2.53. The Hall–Kier alpha value is -7.36. The summed E-state index contributed by atoms with van der Waals surface area (Å²) >= 11 is 0. The van der Waals surface area contributed by atoms with Crippen LogP contribution >= 0.6 is 0 Å². The third kappa shape index (κ3) is 5.57. The molecule has 1 unspecified atom stereocenters. The van der Waals surface area contributed by atoms with Crippen LogP contribution in [0.2, 0.25) is 0 Å². The maximum Gasteiger partial charge on any atom is 0.238 e. The lowest BCUT2D eigenvalue weighted by molar-refractivity contribution is 0.234. The quantitative estimate of drug-likeness (QED) is 0.174. The van der Waals surface area contributed by atoms with Crippen LogP contribution in [-0.2, 0) is 10.8 Å². The molecule has 0 N–H and O–H groups in total. The number of fused-ring (bicyclic) bond motifs is 8. The molecule has 6 heteroatoms. The van der Waals surface area contributed by atoms with E-state index in [0.29, 0.717) is 29.1 Å². The van der Waals surface area contributed by atoms with Gasteiger partial charge < -0.3 is 4.57 Å². The van der Waals surface area contributed by atoms with Gasteiger partial charge in [-0.1, -0.05) is 150 Å². The van der Waals surface area contributed by atoms with E-state index in [4.69, 9.17) is 15.0 Å². The van der Waals surface area contributed by atoms with Gasteiger partial charge in [-0.25, -0.2) is 4.98 Å². The molecule has 0 saturated heterocycles. The van der Waals surface area contributed by atoms with E-state index in [1.54, 1.807) is 0 Å². The van der Waals surface area contributed by atoms with Crippen LogP contribution in [0.1, 0.15) is 57.7 Å². The molecule has 6 nitrogen and oxygen atoms in total. The van der Waals surface area contributed by atoms with Crippen molar-refractivity contribution >= 4 is 43.6 Å². The van der Waals surface area contributed by atoms with Gasteiger partial charge in [-0.2, -0.15) is 15.2 Å². The lowest BCUT2D eigenvalue weighted by Gasteiger charge is -2.47. The largest absolute Gasteiger partial charge is 0.307 e. The van der Waals surface area contributed by atoms with E-state index in [-0.39, 0.29) is 10.8 Å². The molecule has 11 rings (SSSR count). The molecule has 3 heterocycles. The van der Waals surface area contributed by atoms with E-state index in [0.717, 1.165) is 61.5 Å². The van der Waals surface area contributed by atoms with E-state index >= 15 is 0 Å². The van der Waals surface area contributed by atoms with Gasteiger partial charge >= 0.3 is 0 Å². The van der Waals surface area contributed by atoms with Crippen molar-refractivity contribution in [3.05, 3.63) is 174 Å². The summed E-state index contributed by atoms with van der Waals surface area (Å²) in [6.45, 7) is 12.1. The van der Waals surface area contributed by atoms with Gasteiger partial charge in [-0.15, -0.1) is 0 Å². The van der Waals surface area contributed by atoms with Crippen molar-refractivity contribution in [3.63, 3.8) is 0 Å². The highest BCUT2D eigenvalue weighted by atomic mass is 15.2. The van der Waals surface area contributed by atoms with E-state index in [9.17, 15) is 5.26 Å². The minimum atomic E-state index is -0.0309. The Bertz CT molecular complexity index is 3420. The van der Waals surface area contributed by atoms with Gasteiger partial charge in [0.2, 0.25) is 5.95 Å². The number of nitrogens with zero attached hydrogens (tertiary/aromatic N) is 6. The zero-order valence-electron chi connectivity index (χ0n) is 35.0. The SMILES string of the molecule is CC1CC(C)(C)c2cccc(-c3ccccc3-n3c4ccccc4c4ccc5c6ccccc6n(-c6nc(-c7ccccc7)nc(-c7ccc(C#N)cc7)n6)c5c43)c2C1(C)C. The van der Waals surface area contributed by atoms with Crippen LogP contribution in [0.3, 0.4) is 0 Å². The van der Waals surface area contributed by atoms with Crippen LogP contribution in [0.25, 0.3) is 89.2 Å². The summed E-state index contributed by atoms with van der Waals surface area (Å²) in [6, 6.07) is 57.6. The molecule has 61 heavy (non-hydrogen) atoms. The van der Waals surface area contributed by atoms with Gasteiger partial charge in [0, 0.05) is 38.2 Å². The highest BCUT2D eigenvalue weighted by molar-refractivity contribution is 6.24. The van der Waals surface area contributed by atoms with Gasteiger partial charge in [0.25, 0.3) is 0 Å². The van der Waals surface area contributed by atoms with Crippen LogP contribution in [0, 0.1) is 17.2 Å². The molecule has 0 saturated carbocycles. The Balaban J connectivity index is 1.27. The van der Waals surface area contributed by atoms with Crippen molar-refractivity contribution in [1.29, 1.82) is 5.26 Å². The molecule has 0 aliphatic heterocycles. The van der Waals surface area contributed by atoms with Crippen LogP contribution < -0.4 is 0 Å². The normalized spacial score (nSPS) is 15.6. The number of aromatic nitrogens is 5. The second-order valence-corrected chi connectivity index (χ2v) is 17.9. The third-order valence-electron chi connectivity index (χ3n) is 13.5. The summed E-state index contributed by atoms with van der Waals surface area (Å²) in [5, 5.41) is 14.1. The lowest BCUT2D eigenvalue weighted by Crippen LogP contribution is -2.40. The molecule has 0 radical (unpaired) electrons. The molecule has 294 valence electrons. The van der Waals surface area contributed by atoms with E-state index in [1.807, 2.05) is 54.6 Å². The van der Waals surface area contributed by atoms with Gasteiger partial charge in [0.15, 0.2) is 11.6 Å². The van der Waals surface area contributed by atoms with Crippen molar-refractivity contribution in [3.8, 4) is 51.6 Å². The first-order valence-corrected chi connectivity index (χ1v) is 21.2. The summed E-state index contributed by atoms with van der Waals surface area (Å²) in [4.78, 5) is 15.6. The smallest absolute Gasteiger partial charge is 0.238 e. The molecular weight excluding hydrogens is 745 g/mol. The van der Waals surface area contributed by atoms with Crippen molar-refractivity contribution in [2.24, 2.45) is 5.92 Å². The molecular formula is C55H44N6. The zero-order chi connectivity index (χ0) is 41.6. The molecule has 10 aromatic rings. The molecule has 1 atom stereocenters. The Morgan fingerprint density at radius 2 is 1.10 bits per heavy atom. The lowest BCUT2D eigenvalue weighted by atomic mass is 9.57. The number of nitriles is 1. The fourth-order valence-corrected chi connectivity index (χ4v) is 10.3. The Kier molecular flexibility index (Phi) is 8.18. The van der Waals surface area contributed by atoms with E-state index in [1.165, 1.54) is 27.6 Å². The first kappa shape index (κ1) is 36.7. The maximum absolute atomic E-state index is 9.60. The summed E-state index contributed by atoms with van der Waals surface area (Å²) in [7, 11) is 0. The summed E-state index contributed by atoms with van der Waals surface area (Å²) < 4.78 is 4.73. The van der Waals surface area contributed by atoms with Crippen LogP contribution in [-0.4, -0.2) is 24.1 Å². The predicted octanol–water partition coefficient (Wildman–Crippen LogP) is 13.5. The van der Waals surface area contributed by atoms with E-state index in [2.05, 4.69) is 153 Å².